The summed E-state index contributed by atoms with van der Waals surface area (Å²) in [6.07, 6.45) is 0.875. The Balaban J connectivity index is 1.36. The van der Waals surface area contributed by atoms with Crippen LogP contribution in [0, 0.1) is 0 Å². The fraction of sp³-hybridized carbons (Fsp3) is 0.227. The number of anilines is 1. The lowest BCUT2D eigenvalue weighted by molar-refractivity contribution is -0.119. The molecule has 0 fully saturated rings. The first-order valence-electron chi connectivity index (χ1n) is 9.64. The summed E-state index contributed by atoms with van der Waals surface area (Å²) in [5.41, 5.74) is 7.90. The molecule has 2 heterocycles. The van der Waals surface area contributed by atoms with Gasteiger partial charge in [-0.1, -0.05) is 30.3 Å². The summed E-state index contributed by atoms with van der Waals surface area (Å²) in [6, 6.07) is 17.0. The van der Waals surface area contributed by atoms with Gasteiger partial charge >= 0.3 is 0 Å². The molecule has 1 aliphatic heterocycles. The van der Waals surface area contributed by atoms with Gasteiger partial charge in [0.25, 0.3) is 11.8 Å². The van der Waals surface area contributed by atoms with Crippen LogP contribution >= 0.6 is 11.3 Å². The minimum absolute atomic E-state index is 0.197. The third kappa shape index (κ3) is 5.03. The van der Waals surface area contributed by atoms with Gasteiger partial charge in [0.2, 0.25) is 0 Å². The topological polar surface area (TPSA) is 97.6 Å². The molecule has 0 saturated carbocycles. The van der Waals surface area contributed by atoms with Crippen LogP contribution in [0.15, 0.2) is 54.6 Å². The third-order valence-corrected chi connectivity index (χ3v) is 5.78. The predicted octanol–water partition coefficient (Wildman–Crippen LogP) is 2.82. The summed E-state index contributed by atoms with van der Waals surface area (Å²) >= 11 is 1.53. The van der Waals surface area contributed by atoms with Crippen molar-refractivity contribution in [1.82, 2.24) is 9.88 Å². The van der Waals surface area contributed by atoms with E-state index in [0.29, 0.717) is 16.4 Å². The molecule has 154 valence electrons. The van der Waals surface area contributed by atoms with Gasteiger partial charge in [0.1, 0.15) is 5.75 Å². The van der Waals surface area contributed by atoms with Gasteiger partial charge in [0, 0.05) is 36.5 Å². The molecule has 2 amide bonds. The van der Waals surface area contributed by atoms with E-state index in [-0.39, 0.29) is 12.5 Å². The number of thiazole rings is 1. The van der Waals surface area contributed by atoms with Crippen LogP contribution in [0.5, 0.6) is 5.75 Å². The summed E-state index contributed by atoms with van der Waals surface area (Å²) in [5.74, 6) is -0.302. The summed E-state index contributed by atoms with van der Waals surface area (Å²) in [5, 5.41) is 3.50. The monoisotopic (exact) mass is 422 g/mol. The number of amides is 2. The van der Waals surface area contributed by atoms with Crippen molar-refractivity contribution >= 4 is 28.3 Å². The number of nitrogens with one attached hydrogen (secondary N) is 1. The Hall–Kier alpha value is -3.23. The van der Waals surface area contributed by atoms with Crippen LogP contribution < -0.4 is 15.8 Å². The molecule has 1 aromatic heterocycles. The van der Waals surface area contributed by atoms with E-state index in [2.05, 4.69) is 39.5 Å². The number of fused-ring (bicyclic) bond motifs is 1. The fourth-order valence-corrected chi connectivity index (χ4v) is 4.35. The first-order valence-corrected chi connectivity index (χ1v) is 10.5. The van der Waals surface area contributed by atoms with Crippen molar-refractivity contribution in [1.29, 1.82) is 0 Å². The molecule has 4 rings (SSSR count). The van der Waals surface area contributed by atoms with Gasteiger partial charge in [0.15, 0.2) is 11.7 Å². The van der Waals surface area contributed by atoms with Crippen LogP contribution in [0.3, 0.4) is 0 Å². The SMILES string of the molecule is NC(=O)COc1ccc(C(=O)Nc2nc3c(s2)CN(Cc2ccccc2)CC3)cc1. The highest BCUT2D eigenvalue weighted by Crippen LogP contribution is 2.29. The average molecular weight is 423 g/mol. The van der Waals surface area contributed by atoms with Gasteiger partial charge in [-0.15, -0.1) is 11.3 Å². The number of carbonyl (C=O) groups is 2. The average Bonchev–Trinajstić information content (AvgIpc) is 3.15. The number of carbonyl (C=O) groups excluding carboxylic acids is 2. The number of rotatable bonds is 7. The molecule has 3 aromatic rings. The van der Waals surface area contributed by atoms with E-state index < -0.39 is 5.91 Å². The Bertz CT molecular complexity index is 1030. The first kappa shape index (κ1) is 20.1. The number of primary amides is 1. The van der Waals surface area contributed by atoms with Crippen LogP contribution in [0.25, 0.3) is 0 Å². The van der Waals surface area contributed by atoms with Crippen molar-refractivity contribution in [2.24, 2.45) is 5.73 Å². The van der Waals surface area contributed by atoms with Crippen molar-refractivity contribution in [3.05, 3.63) is 76.3 Å². The number of nitrogens with zero attached hydrogens (tertiary/aromatic N) is 2. The van der Waals surface area contributed by atoms with Crippen molar-refractivity contribution < 1.29 is 14.3 Å². The van der Waals surface area contributed by atoms with E-state index in [4.69, 9.17) is 10.5 Å². The molecular formula is C22H22N4O3S. The summed E-state index contributed by atoms with van der Waals surface area (Å²) in [7, 11) is 0. The van der Waals surface area contributed by atoms with Gasteiger partial charge < -0.3 is 10.5 Å². The van der Waals surface area contributed by atoms with E-state index in [1.807, 2.05) is 6.07 Å². The fourth-order valence-electron chi connectivity index (χ4n) is 3.30. The molecule has 0 atom stereocenters. The Morgan fingerprint density at radius 3 is 2.63 bits per heavy atom. The molecule has 7 nitrogen and oxygen atoms in total. The first-order chi connectivity index (χ1) is 14.6. The highest BCUT2D eigenvalue weighted by atomic mass is 32.1. The van der Waals surface area contributed by atoms with Gasteiger partial charge in [-0.05, 0) is 29.8 Å². The molecule has 2 aromatic carbocycles. The maximum Gasteiger partial charge on any atom is 0.257 e. The lowest BCUT2D eigenvalue weighted by atomic mass is 10.1. The van der Waals surface area contributed by atoms with Crippen molar-refractivity contribution in [2.45, 2.75) is 19.5 Å². The highest BCUT2D eigenvalue weighted by molar-refractivity contribution is 7.15. The molecule has 1 aliphatic rings. The Morgan fingerprint density at radius 1 is 1.13 bits per heavy atom. The lowest BCUT2D eigenvalue weighted by Crippen LogP contribution is -2.29. The number of benzene rings is 2. The maximum atomic E-state index is 12.5. The number of nitrogens with two attached hydrogens (primary N) is 1. The molecule has 0 spiro atoms. The van der Waals surface area contributed by atoms with E-state index >= 15 is 0 Å². The Labute approximate surface area is 178 Å². The minimum atomic E-state index is -0.549. The summed E-state index contributed by atoms with van der Waals surface area (Å²) in [4.78, 5) is 31.5. The minimum Gasteiger partial charge on any atom is -0.484 e. The van der Waals surface area contributed by atoms with Crippen LogP contribution in [0.4, 0.5) is 5.13 Å². The second-order valence-electron chi connectivity index (χ2n) is 7.07. The van der Waals surface area contributed by atoms with Crippen LogP contribution in [0.1, 0.15) is 26.5 Å². The molecule has 0 aliphatic carbocycles. The Kier molecular flexibility index (Phi) is 6.06. The molecule has 0 bridgehead atoms. The van der Waals surface area contributed by atoms with E-state index in [1.54, 1.807) is 24.3 Å². The zero-order valence-electron chi connectivity index (χ0n) is 16.3. The van der Waals surface area contributed by atoms with Crippen LogP contribution in [-0.4, -0.2) is 34.8 Å². The number of hydrogen-bond donors (Lipinski definition) is 2. The summed E-state index contributed by atoms with van der Waals surface area (Å²) < 4.78 is 5.21. The van der Waals surface area contributed by atoms with Crippen LogP contribution in [0.2, 0.25) is 0 Å². The van der Waals surface area contributed by atoms with Gasteiger partial charge in [-0.2, -0.15) is 0 Å². The molecule has 0 radical (unpaired) electrons. The van der Waals surface area contributed by atoms with E-state index in [1.165, 1.54) is 21.8 Å². The molecule has 3 N–H and O–H groups in total. The Morgan fingerprint density at radius 2 is 1.90 bits per heavy atom. The van der Waals surface area contributed by atoms with Crippen molar-refractivity contribution in [3.63, 3.8) is 0 Å². The molecule has 0 saturated heterocycles. The number of hydrogen-bond acceptors (Lipinski definition) is 6. The van der Waals surface area contributed by atoms with Crippen molar-refractivity contribution in [3.8, 4) is 5.75 Å². The van der Waals surface area contributed by atoms with Crippen molar-refractivity contribution in [2.75, 3.05) is 18.5 Å². The number of aromatic nitrogens is 1. The largest absolute Gasteiger partial charge is 0.484 e. The molecule has 8 heteroatoms. The summed E-state index contributed by atoms with van der Waals surface area (Å²) in [6.45, 7) is 2.50. The lowest BCUT2D eigenvalue weighted by Gasteiger charge is -2.25. The van der Waals surface area contributed by atoms with E-state index in [0.717, 1.165) is 31.7 Å². The number of ether oxygens (including phenoxy) is 1. The molecular weight excluding hydrogens is 400 g/mol. The van der Waals surface area contributed by atoms with Gasteiger partial charge in [-0.25, -0.2) is 4.98 Å². The highest BCUT2D eigenvalue weighted by Gasteiger charge is 2.21. The normalized spacial score (nSPS) is 13.5. The zero-order valence-corrected chi connectivity index (χ0v) is 17.2. The molecule has 30 heavy (non-hydrogen) atoms. The smallest absolute Gasteiger partial charge is 0.257 e. The van der Waals surface area contributed by atoms with Crippen LogP contribution in [-0.2, 0) is 24.3 Å². The molecule has 0 unspecified atom stereocenters. The standard InChI is InChI=1S/C22H22N4O3S/c23-20(27)14-29-17-8-6-16(7-9-17)21(28)25-22-24-18-10-11-26(13-19(18)30-22)12-15-4-2-1-3-5-15/h1-9H,10-14H2,(H2,23,27)(H,24,25,28). The third-order valence-electron chi connectivity index (χ3n) is 4.78. The quantitative estimate of drug-likeness (QED) is 0.610. The zero-order chi connectivity index (χ0) is 20.9. The second-order valence-corrected chi connectivity index (χ2v) is 8.15. The van der Waals surface area contributed by atoms with E-state index in [9.17, 15) is 9.59 Å². The second kappa shape index (κ2) is 9.06. The predicted molar refractivity (Wildman–Crippen MR) is 115 cm³/mol. The van der Waals surface area contributed by atoms with Gasteiger partial charge in [0.05, 0.1) is 5.69 Å². The maximum absolute atomic E-state index is 12.5. The van der Waals surface area contributed by atoms with Gasteiger partial charge in [-0.3, -0.25) is 19.8 Å².